The molecule has 0 rings (SSSR count). The summed E-state index contributed by atoms with van der Waals surface area (Å²) in [6.07, 6.45) is 0. The van der Waals surface area contributed by atoms with Crippen LogP contribution in [0.4, 0.5) is 0 Å². The second kappa shape index (κ2) is 24.5. The van der Waals surface area contributed by atoms with Gasteiger partial charge in [0.2, 0.25) is 0 Å². The van der Waals surface area contributed by atoms with Gasteiger partial charge in [0.25, 0.3) is 0 Å². The molecule has 44 valence electrons. The van der Waals surface area contributed by atoms with Crippen LogP contribution in [0.15, 0.2) is 0 Å². The zero-order valence-electron chi connectivity index (χ0n) is 4.57. The number of hydrogen-bond acceptors (Lipinski definition) is 4. The number of aliphatic hydroxyl groups is 2. The van der Waals surface area contributed by atoms with E-state index in [-0.39, 0.29) is 42.8 Å². The molecule has 0 aliphatic heterocycles. The van der Waals surface area contributed by atoms with Gasteiger partial charge in [-0.25, -0.2) is 0 Å². The number of aliphatic hydroxyl groups excluding tert-OH is 2. The van der Waals surface area contributed by atoms with Crippen LogP contribution in [-0.2, 0) is 4.57 Å². The average molecular weight is 148 g/mol. The zero-order chi connectivity index (χ0) is 6.12. The van der Waals surface area contributed by atoms with Gasteiger partial charge in [-0.05, 0) is 0 Å². The van der Waals surface area contributed by atoms with Crippen molar-refractivity contribution >= 4 is 8.69 Å². The molecule has 0 amide bonds. The normalized spacial score (nSPS) is 6.38. The summed E-state index contributed by atoms with van der Waals surface area (Å²) in [5, 5.41) is 15.2. The molecule has 0 aromatic rings. The molecule has 0 heterocycles. The Bertz CT molecular complexity index is 33.2. The molecule has 2 N–H and O–H groups in total. The Morgan fingerprint density at radius 1 is 1.38 bits per heavy atom. The van der Waals surface area contributed by atoms with Crippen molar-refractivity contribution < 1.29 is 49.2 Å². The molecule has 4 nitrogen and oxygen atoms in total. The van der Waals surface area contributed by atoms with E-state index in [9.17, 15) is 0 Å². The van der Waals surface area contributed by atoms with Crippen molar-refractivity contribution in [2.45, 2.75) is 0 Å². The van der Waals surface area contributed by atoms with Crippen LogP contribution in [0.3, 0.4) is 0 Å². The summed E-state index contributed by atoms with van der Waals surface area (Å²) in [6, 6.07) is 0. The third kappa shape index (κ3) is 63.7. The van der Waals surface area contributed by atoms with E-state index in [1.165, 1.54) is 0 Å². The predicted octanol–water partition coefficient (Wildman–Crippen LogP) is -4.47. The van der Waals surface area contributed by atoms with Crippen LogP contribution in [0.2, 0.25) is 0 Å². The van der Waals surface area contributed by atoms with E-state index in [1.807, 2.05) is 0 Å². The third-order valence-electron chi connectivity index (χ3n) is 0.1000. The van der Waals surface area contributed by atoms with Crippen LogP contribution >= 0.6 is 8.69 Å². The third-order valence-corrected chi connectivity index (χ3v) is 0.1000. The summed E-state index contributed by atoms with van der Waals surface area (Å²) in [5.41, 5.74) is 0. The largest absolute Gasteiger partial charge is 1.00 e. The SMILES string of the molecule is O=P[O-].OCCO.[Na+]. The second-order valence-corrected chi connectivity index (χ2v) is 0.671. The van der Waals surface area contributed by atoms with Gasteiger partial charge in [0.15, 0.2) is 0 Å². The van der Waals surface area contributed by atoms with Crippen molar-refractivity contribution in [2.24, 2.45) is 0 Å². The molecule has 0 fully saturated rings. The summed E-state index contributed by atoms with van der Waals surface area (Å²) in [4.78, 5) is 8.35. The van der Waals surface area contributed by atoms with Crippen LogP contribution in [0.5, 0.6) is 0 Å². The average Bonchev–Trinajstić information content (AvgIpc) is 1.69. The second-order valence-electron chi connectivity index (χ2n) is 0.522. The first kappa shape index (κ1) is 16.0. The monoisotopic (exact) mass is 148 g/mol. The summed E-state index contributed by atoms with van der Waals surface area (Å²) >= 11 is 0. The minimum atomic E-state index is -1.08. The Kier molecular flexibility index (Phi) is 49.1. The Hall–Kier alpha value is 0.980. The minimum absolute atomic E-state index is 0. The molecule has 0 bridgehead atoms. The van der Waals surface area contributed by atoms with Gasteiger partial charge in [-0.15, -0.1) is 0 Å². The standard InChI is InChI=1S/C2H6O2.Na.HO2P/c3-1-2-4;;1-3-2/h3-4H,1-2H2;;(H,1,2)/q;+1;/p-1. The molecule has 0 radical (unpaired) electrons. The first-order valence-corrected chi connectivity index (χ1v) is 2.23. The summed E-state index contributed by atoms with van der Waals surface area (Å²) < 4.78 is 8.35. The molecular formula is C2H6NaO4P. The van der Waals surface area contributed by atoms with Crippen molar-refractivity contribution in [2.75, 3.05) is 13.2 Å². The Labute approximate surface area is 71.1 Å². The van der Waals surface area contributed by atoms with Crippen LogP contribution in [0, 0.1) is 0 Å². The van der Waals surface area contributed by atoms with E-state index in [0.29, 0.717) is 0 Å². The molecule has 0 unspecified atom stereocenters. The van der Waals surface area contributed by atoms with Crippen molar-refractivity contribution in [1.82, 2.24) is 0 Å². The Morgan fingerprint density at radius 2 is 1.50 bits per heavy atom. The summed E-state index contributed by atoms with van der Waals surface area (Å²) in [5.74, 6) is 0. The van der Waals surface area contributed by atoms with Crippen molar-refractivity contribution in [1.29, 1.82) is 0 Å². The van der Waals surface area contributed by atoms with Crippen LogP contribution < -0.4 is 34.5 Å². The van der Waals surface area contributed by atoms with Gasteiger partial charge in [0, 0.05) is 0 Å². The van der Waals surface area contributed by atoms with Crippen LogP contribution in [0.1, 0.15) is 0 Å². The number of rotatable bonds is 1. The fraction of sp³-hybridized carbons (Fsp3) is 1.00. The molecular weight excluding hydrogens is 142 g/mol. The molecule has 0 aromatic heterocycles. The Morgan fingerprint density at radius 3 is 1.50 bits per heavy atom. The topological polar surface area (TPSA) is 80.6 Å². The zero-order valence-corrected chi connectivity index (χ0v) is 7.47. The molecule has 0 spiro atoms. The maximum Gasteiger partial charge on any atom is 1.00 e. The van der Waals surface area contributed by atoms with Gasteiger partial charge in [0.05, 0.1) is 21.9 Å². The van der Waals surface area contributed by atoms with E-state index in [2.05, 4.69) is 0 Å². The molecule has 0 atom stereocenters. The van der Waals surface area contributed by atoms with E-state index in [4.69, 9.17) is 19.7 Å². The van der Waals surface area contributed by atoms with Crippen LogP contribution in [-0.4, -0.2) is 23.4 Å². The summed E-state index contributed by atoms with van der Waals surface area (Å²) in [6.45, 7) is -0.250. The first-order valence-electron chi connectivity index (χ1n) is 1.50. The molecule has 0 aromatic carbocycles. The van der Waals surface area contributed by atoms with E-state index in [0.717, 1.165) is 0 Å². The van der Waals surface area contributed by atoms with Gasteiger partial charge in [-0.2, -0.15) is 0 Å². The minimum Gasteiger partial charge on any atom is -0.772 e. The smallest absolute Gasteiger partial charge is 0.772 e. The first-order chi connectivity index (χ1) is 3.33. The van der Waals surface area contributed by atoms with E-state index in [1.54, 1.807) is 0 Å². The van der Waals surface area contributed by atoms with E-state index < -0.39 is 8.69 Å². The molecule has 0 aliphatic rings. The number of hydrogen-bond donors (Lipinski definition) is 2. The molecule has 0 aliphatic carbocycles. The predicted molar refractivity (Wildman–Crippen MR) is 21.8 cm³/mol. The van der Waals surface area contributed by atoms with E-state index >= 15 is 0 Å². The maximum atomic E-state index is 8.35. The van der Waals surface area contributed by atoms with Gasteiger partial charge in [-0.1, -0.05) is 0 Å². The van der Waals surface area contributed by atoms with Crippen molar-refractivity contribution in [3.8, 4) is 0 Å². The van der Waals surface area contributed by atoms with Gasteiger partial charge < -0.3 is 15.1 Å². The fourth-order valence-electron chi connectivity index (χ4n) is 0. The maximum absolute atomic E-state index is 8.35. The van der Waals surface area contributed by atoms with Crippen LogP contribution in [0.25, 0.3) is 0 Å². The quantitative estimate of drug-likeness (QED) is 0.290. The fourth-order valence-corrected chi connectivity index (χ4v) is 0. The summed E-state index contributed by atoms with van der Waals surface area (Å²) in [7, 11) is -1.08. The molecule has 0 saturated heterocycles. The molecule has 6 heteroatoms. The molecule has 8 heavy (non-hydrogen) atoms. The Balaban J connectivity index is -0.0000000575. The van der Waals surface area contributed by atoms with Gasteiger partial charge in [0.1, 0.15) is 0 Å². The molecule has 0 saturated carbocycles. The van der Waals surface area contributed by atoms with Crippen molar-refractivity contribution in [3.63, 3.8) is 0 Å². The van der Waals surface area contributed by atoms with Gasteiger partial charge >= 0.3 is 29.6 Å². The van der Waals surface area contributed by atoms with Gasteiger partial charge in [-0.3, -0.25) is 4.57 Å². The van der Waals surface area contributed by atoms with Crippen molar-refractivity contribution in [3.05, 3.63) is 0 Å².